The van der Waals surface area contributed by atoms with Crippen molar-refractivity contribution in [2.75, 3.05) is 51.8 Å². The number of nitrogens with zero attached hydrogens (tertiary/aromatic N) is 5. The number of aldehydes is 1. The molecule has 0 N–H and O–H groups in total. The second kappa shape index (κ2) is 12.2. The van der Waals surface area contributed by atoms with Gasteiger partial charge in [0.1, 0.15) is 12.1 Å². The standard InChI is InChI=1S/C31H41N5O3/c1-5-33-16-18-35(19-17-33)28-9-6-8-25-26(28)21-36(29(25)22-37)27(10-7-14-34-15-13-32-23(34)2)24-11-12-30(38-3)31(20-24)39-4/h6,8-9,11-13,15,20,22,27,29H,5,7,10,14,16-19,21H2,1-4H3/t27-,29?/m1/s1. The van der Waals surface area contributed by atoms with Gasteiger partial charge in [-0.2, -0.15) is 0 Å². The van der Waals surface area contributed by atoms with Gasteiger partial charge in [-0.25, -0.2) is 4.98 Å². The summed E-state index contributed by atoms with van der Waals surface area (Å²) in [4.78, 5) is 24.5. The first-order valence-corrected chi connectivity index (χ1v) is 14.1. The number of imidazole rings is 1. The van der Waals surface area contributed by atoms with Crippen molar-refractivity contribution in [2.24, 2.45) is 0 Å². The molecule has 0 bridgehead atoms. The quantitative estimate of drug-likeness (QED) is 0.335. The Bertz CT molecular complexity index is 1270. The Labute approximate surface area is 232 Å². The molecule has 1 unspecified atom stereocenters. The van der Waals surface area contributed by atoms with Crippen LogP contribution < -0.4 is 14.4 Å². The number of ether oxygens (including phenoxy) is 2. The molecule has 0 amide bonds. The summed E-state index contributed by atoms with van der Waals surface area (Å²) >= 11 is 0. The molecule has 5 rings (SSSR count). The predicted octanol–water partition coefficient (Wildman–Crippen LogP) is 4.63. The minimum absolute atomic E-state index is 0.0426. The lowest BCUT2D eigenvalue weighted by molar-refractivity contribution is -0.113. The molecule has 8 heteroatoms. The third-order valence-corrected chi connectivity index (χ3v) is 8.49. The molecule has 1 saturated heterocycles. The topological polar surface area (TPSA) is 63.1 Å². The maximum atomic E-state index is 12.7. The third-order valence-electron chi connectivity index (χ3n) is 8.49. The summed E-state index contributed by atoms with van der Waals surface area (Å²) in [6, 6.07) is 12.4. The van der Waals surface area contributed by atoms with Crippen LogP contribution in [0.25, 0.3) is 0 Å². The van der Waals surface area contributed by atoms with Gasteiger partial charge in [0.05, 0.1) is 20.3 Å². The van der Waals surface area contributed by atoms with E-state index in [0.717, 1.165) is 81.9 Å². The Kier molecular flexibility index (Phi) is 8.53. The number of methoxy groups -OCH3 is 2. The maximum absolute atomic E-state index is 12.7. The van der Waals surface area contributed by atoms with E-state index >= 15 is 0 Å². The summed E-state index contributed by atoms with van der Waals surface area (Å²) in [5.41, 5.74) is 4.83. The molecule has 39 heavy (non-hydrogen) atoms. The van der Waals surface area contributed by atoms with Crippen molar-refractivity contribution in [1.29, 1.82) is 0 Å². The highest BCUT2D eigenvalue weighted by atomic mass is 16.5. The zero-order chi connectivity index (χ0) is 27.4. The fraction of sp³-hybridized carbons (Fsp3) is 0.484. The van der Waals surface area contributed by atoms with Crippen molar-refractivity contribution in [3.05, 3.63) is 71.3 Å². The lowest BCUT2D eigenvalue weighted by Crippen LogP contribution is -2.46. The van der Waals surface area contributed by atoms with Crippen molar-refractivity contribution < 1.29 is 14.3 Å². The molecule has 0 radical (unpaired) electrons. The van der Waals surface area contributed by atoms with Crippen LogP contribution in [-0.4, -0.2) is 72.6 Å². The Morgan fingerprint density at radius 1 is 1.08 bits per heavy atom. The van der Waals surface area contributed by atoms with E-state index < -0.39 is 0 Å². The van der Waals surface area contributed by atoms with Gasteiger partial charge in [-0.1, -0.05) is 25.1 Å². The van der Waals surface area contributed by atoms with Crippen LogP contribution in [-0.2, 0) is 17.9 Å². The summed E-state index contributed by atoms with van der Waals surface area (Å²) in [5.74, 6) is 2.43. The van der Waals surface area contributed by atoms with Crippen LogP contribution in [0.15, 0.2) is 48.8 Å². The number of aryl methyl sites for hydroxylation is 2. The fourth-order valence-corrected chi connectivity index (χ4v) is 6.24. The van der Waals surface area contributed by atoms with Crippen molar-refractivity contribution >= 4 is 12.0 Å². The summed E-state index contributed by atoms with van der Waals surface area (Å²) in [7, 11) is 3.33. The van der Waals surface area contributed by atoms with Crippen molar-refractivity contribution in [3.8, 4) is 11.5 Å². The van der Waals surface area contributed by atoms with Crippen molar-refractivity contribution in [2.45, 2.75) is 51.9 Å². The van der Waals surface area contributed by atoms with Crippen molar-refractivity contribution in [1.82, 2.24) is 19.4 Å². The summed E-state index contributed by atoms with van der Waals surface area (Å²) < 4.78 is 13.4. The Hall–Kier alpha value is -3.36. The monoisotopic (exact) mass is 531 g/mol. The van der Waals surface area contributed by atoms with Gasteiger partial charge in [0.2, 0.25) is 0 Å². The number of piperazine rings is 1. The van der Waals surface area contributed by atoms with Gasteiger partial charge in [-0.05, 0) is 61.2 Å². The average Bonchev–Trinajstić information content (AvgIpc) is 3.57. The number of hydrogen-bond acceptors (Lipinski definition) is 7. The number of benzene rings is 2. The Morgan fingerprint density at radius 2 is 1.87 bits per heavy atom. The van der Waals surface area contributed by atoms with Crippen LogP contribution >= 0.6 is 0 Å². The van der Waals surface area contributed by atoms with Gasteiger partial charge in [0.25, 0.3) is 0 Å². The summed E-state index contributed by atoms with van der Waals surface area (Å²) in [6.07, 6.45) is 6.86. The second-order valence-corrected chi connectivity index (χ2v) is 10.5. The normalized spacial score (nSPS) is 18.7. The minimum Gasteiger partial charge on any atom is -0.493 e. The molecule has 2 atom stereocenters. The van der Waals surface area contributed by atoms with E-state index in [9.17, 15) is 4.79 Å². The zero-order valence-corrected chi connectivity index (χ0v) is 23.7. The van der Waals surface area contributed by atoms with Crippen LogP contribution in [0.1, 0.15) is 54.4 Å². The van der Waals surface area contributed by atoms with Gasteiger partial charge >= 0.3 is 0 Å². The summed E-state index contributed by atoms with van der Waals surface area (Å²) in [5, 5.41) is 0. The van der Waals surface area contributed by atoms with Crippen molar-refractivity contribution in [3.63, 3.8) is 0 Å². The maximum Gasteiger partial charge on any atom is 0.161 e. The third kappa shape index (κ3) is 5.54. The van der Waals surface area contributed by atoms with Crippen LogP contribution in [0, 0.1) is 6.92 Å². The molecular formula is C31H41N5O3. The number of hydrogen-bond donors (Lipinski definition) is 0. The van der Waals surface area contributed by atoms with E-state index in [0.29, 0.717) is 11.5 Å². The Morgan fingerprint density at radius 3 is 2.54 bits per heavy atom. The highest BCUT2D eigenvalue weighted by molar-refractivity contribution is 5.70. The SMILES string of the molecule is CCN1CCN(c2cccc3c2CN([C@H](CCCn2ccnc2C)c2ccc(OC)c(OC)c2)C3C=O)CC1. The van der Waals surface area contributed by atoms with E-state index in [-0.39, 0.29) is 12.1 Å². The molecule has 3 aromatic rings. The van der Waals surface area contributed by atoms with E-state index in [1.165, 1.54) is 11.3 Å². The molecule has 0 saturated carbocycles. The predicted molar refractivity (Wildman–Crippen MR) is 154 cm³/mol. The van der Waals surface area contributed by atoms with E-state index in [2.05, 4.69) is 61.5 Å². The number of carbonyl (C=O) groups is 1. The van der Waals surface area contributed by atoms with Gasteiger partial charge in [0.15, 0.2) is 11.5 Å². The highest BCUT2D eigenvalue weighted by Gasteiger charge is 2.37. The Balaban J connectivity index is 1.45. The lowest BCUT2D eigenvalue weighted by atomic mass is 9.98. The van der Waals surface area contributed by atoms with Crippen LogP contribution in [0.2, 0.25) is 0 Å². The van der Waals surface area contributed by atoms with E-state index in [1.54, 1.807) is 14.2 Å². The largest absolute Gasteiger partial charge is 0.493 e. The van der Waals surface area contributed by atoms with Gasteiger partial charge < -0.3 is 28.6 Å². The molecule has 208 valence electrons. The molecule has 2 aliphatic heterocycles. The molecule has 2 aromatic carbocycles. The van der Waals surface area contributed by atoms with E-state index in [1.807, 2.05) is 25.4 Å². The number of carbonyl (C=O) groups excluding carboxylic acids is 1. The molecule has 8 nitrogen and oxygen atoms in total. The smallest absolute Gasteiger partial charge is 0.161 e. The number of aromatic nitrogens is 2. The minimum atomic E-state index is -0.287. The molecular weight excluding hydrogens is 490 g/mol. The van der Waals surface area contributed by atoms with Crippen LogP contribution in [0.3, 0.4) is 0 Å². The first-order valence-electron chi connectivity index (χ1n) is 14.1. The molecule has 1 fully saturated rings. The second-order valence-electron chi connectivity index (χ2n) is 10.5. The number of anilines is 1. The number of rotatable bonds is 11. The van der Waals surface area contributed by atoms with Gasteiger partial charge in [0, 0.05) is 63.4 Å². The number of fused-ring (bicyclic) bond motifs is 1. The summed E-state index contributed by atoms with van der Waals surface area (Å²) in [6.45, 7) is 11.2. The van der Waals surface area contributed by atoms with Gasteiger partial charge in [-0.3, -0.25) is 4.90 Å². The van der Waals surface area contributed by atoms with Gasteiger partial charge in [-0.15, -0.1) is 0 Å². The first kappa shape index (κ1) is 27.2. The van der Waals surface area contributed by atoms with E-state index in [4.69, 9.17) is 9.47 Å². The molecule has 0 aliphatic carbocycles. The molecule has 1 aromatic heterocycles. The molecule has 3 heterocycles. The first-order chi connectivity index (χ1) is 19.1. The van der Waals surface area contributed by atoms with Crippen LogP contribution in [0.4, 0.5) is 5.69 Å². The highest BCUT2D eigenvalue weighted by Crippen LogP contribution is 2.45. The zero-order valence-electron chi connectivity index (χ0n) is 23.7. The number of likely N-dealkylation sites (N-methyl/N-ethyl adjacent to an activating group) is 1. The average molecular weight is 532 g/mol. The van der Waals surface area contributed by atoms with Crippen LogP contribution in [0.5, 0.6) is 11.5 Å². The molecule has 0 spiro atoms. The fourth-order valence-electron chi connectivity index (χ4n) is 6.24. The lowest BCUT2D eigenvalue weighted by Gasteiger charge is -2.36. The molecule has 2 aliphatic rings.